The van der Waals surface area contributed by atoms with Crippen LogP contribution in [0.4, 0.5) is 0 Å². The molecule has 0 saturated carbocycles. The predicted molar refractivity (Wildman–Crippen MR) is 101 cm³/mol. The van der Waals surface area contributed by atoms with Gasteiger partial charge in [0, 0.05) is 24.7 Å². The van der Waals surface area contributed by atoms with Crippen LogP contribution in [-0.2, 0) is 14.3 Å². The Kier molecular flexibility index (Phi) is 6.20. The van der Waals surface area contributed by atoms with Gasteiger partial charge in [-0.05, 0) is 30.9 Å². The highest BCUT2D eigenvalue weighted by Crippen LogP contribution is 2.23. The highest BCUT2D eigenvalue weighted by molar-refractivity contribution is 5.91. The zero-order valence-corrected chi connectivity index (χ0v) is 14.7. The molecule has 1 amide bonds. The van der Waals surface area contributed by atoms with Crippen molar-refractivity contribution in [2.24, 2.45) is 0 Å². The third-order valence-electron chi connectivity index (χ3n) is 4.44. The summed E-state index contributed by atoms with van der Waals surface area (Å²) in [6.45, 7) is 1.44. The molecule has 3 rings (SSSR count). The van der Waals surface area contributed by atoms with Crippen molar-refractivity contribution in [2.45, 2.75) is 25.4 Å². The lowest BCUT2D eigenvalue weighted by atomic mass is 10.1. The maximum atomic E-state index is 12.9. The van der Waals surface area contributed by atoms with Crippen LogP contribution in [0.5, 0.6) is 0 Å². The standard InChI is InChI=1S/C22H23NO3/c24-20(15-14-18-10-4-1-5-11-18)26-21(19-12-6-2-7-13-19)22(25)23-16-8-3-9-17-23/h1-2,4-7,10-15,21H,3,8-9,16-17H2/b15-14+/t21-/m0/s1. The molecule has 1 fully saturated rings. The van der Waals surface area contributed by atoms with Crippen molar-refractivity contribution < 1.29 is 14.3 Å². The number of hydrogen-bond acceptors (Lipinski definition) is 3. The average molecular weight is 349 g/mol. The third-order valence-corrected chi connectivity index (χ3v) is 4.44. The summed E-state index contributed by atoms with van der Waals surface area (Å²) in [6.07, 6.45) is 5.29. The van der Waals surface area contributed by atoms with Gasteiger partial charge in [0.15, 0.2) is 0 Å². The number of rotatable bonds is 5. The molecule has 4 nitrogen and oxygen atoms in total. The first-order valence-electron chi connectivity index (χ1n) is 9.01. The first-order valence-corrected chi connectivity index (χ1v) is 9.01. The van der Waals surface area contributed by atoms with Gasteiger partial charge in [0.1, 0.15) is 0 Å². The molecule has 4 heteroatoms. The van der Waals surface area contributed by atoms with E-state index in [1.807, 2.05) is 60.7 Å². The van der Waals surface area contributed by atoms with E-state index in [1.165, 1.54) is 6.08 Å². The molecule has 1 aliphatic rings. The van der Waals surface area contributed by atoms with E-state index in [4.69, 9.17) is 4.74 Å². The SMILES string of the molecule is O=C(/C=C/c1ccccc1)O[C@H](C(=O)N1CCCCC1)c1ccccc1. The number of benzene rings is 2. The molecule has 0 N–H and O–H groups in total. The highest BCUT2D eigenvalue weighted by Gasteiger charge is 2.29. The van der Waals surface area contributed by atoms with Crippen LogP contribution in [0, 0.1) is 0 Å². The van der Waals surface area contributed by atoms with Gasteiger partial charge in [-0.15, -0.1) is 0 Å². The summed E-state index contributed by atoms with van der Waals surface area (Å²) in [5, 5.41) is 0. The number of piperidine rings is 1. The minimum absolute atomic E-state index is 0.141. The second-order valence-corrected chi connectivity index (χ2v) is 6.36. The highest BCUT2D eigenvalue weighted by atomic mass is 16.5. The molecule has 0 radical (unpaired) electrons. The topological polar surface area (TPSA) is 46.6 Å². The smallest absolute Gasteiger partial charge is 0.331 e. The first-order chi connectivity index (χ1) is 12.7. The summed E-state index contributed by atoms with van der Waals surface area (Å²) >= 11 is 0. The summed E-state index contributed by atoms with van der Waals surface area (Å²) in [5.74, 6) is -0.662. The molecule has 0 unspecified atom stereocenters. The Bertz CT molecular complexity index is 749. The quantitative estimate of drug-likeness (QED) is 0.605. The monoisotopic (exact) mass is 349 g/mol. The zero-order chi connectivity index (χ0) is 18.2. The van der Waals surface area contributed by atoms with Gasteiger partial charge in [0.05, 0.1) is 0 Å². The number of carbonyl (C=O) groups excluding carboxylic acids is 2. The molecule has 1 aliphatic heterocycles. The van der Waals surface area contributed by atoms with Gasteiger partial charge in [-0.2, -0.15) is 0 Å². The van der Waals surface area contributed by atoms with E-state index in [2.05, 4.69) is 0 Å². The Morgan fingerprint density at radius 2 is 1.50 bits per heavy atom. The molecular weight excluding hydrogens is 326 g/mol. The molecule has 0 aromatic heterocycles. The number of ether oxygens (including phenoxy) is 1. The van der Waals surface area contributed by atoms with Crippen LogP contribution in [0.25, 0.3) is 6.08 Å². The van der Waals surface area contributed by atoms with Crippen LogP contribution in [0.1, 0.15) is 36.5 Å². The van der Waals surface area contributed by atoms with Crippen LogP contribution >= 0.6 is 0 Å². The van der Waals surface area contributed by atoms with Crippen LogP contribution < -0.4 is 0 Å². The van der Waals surface area contributed by atoms with E-state index in [1.54, 1.807) is 11.0 Å². The van der Waals surface area contributed by atoms with Gasteiger partial charge >= 0.3 is 5.97 Å². The molecule has 2 aromatic rings. The van der Waals surface area contributed by atoms with Crippen molar-refractivity contribution in [3.05, 3.63) is 77.9 Å². The van der Waals surface area contributed by atoms with E-state index in [0.717, 1.165) is 37.9 Å². The Balaban J connectivity index is 1.74. The van der Waals surface area contributed by atoms with Crippen LogP contribution in [-0.4, -0.2) is 29.9 Å². The predicted octanol–water partition coefficient (Wildman–Crippen LogP) is 4.00. The lowest BCUT2D eigenvalue weighted by Crippen LogP contribution is -2.40. The van der Waals surface area contributed by atoms with Crippen molar-refractivity contribution in [1.29, 1.82) is 0 Å². The largest absolute Gasteiger partial charge is 0.444 e. The van der Waals surface area contributed by atoms with Crippen LogP contribution in [0.15, 0.2) is 66.7 Å². The van der Waals surface area contributed by atoms with Crippen molar-refractivity contribution in [2.75, 3.05) is 13.1 Å². The number of esters is 1. The van der Waals surface area contributed by atoms with E-state index in [9.17, 15) is 9.59 Å². The zero-order valence-electron chi connectivity index (χ0n) is 14.7. The molecule has 1 heterocycles. The second kappa shape index (κ2) is 8.99. The normalized spacial score (nSPS) is 15.6. The van der Waals surface area contributed by atoms with E-state index < -0.39 is 12.1 Å². The molecular formula is C22H23NO3. The maximum absolute atomic E-state index is 12.9. The first kappa shape index (κ1) is 17.9. The number of nitrogens with zero attached hydrogens (tertiary/aromatic N) is 1. The summed E-state index contributed by atoms with van der Waals surface area (Å²) in [7, 11) is 0. The van der Waals surface area contributed by atoms with Gasteiger partial charge in [-0.3, -0.25) is 4.79 Å². The fourth-order valence-electron chi connectivity index (χ4n) is 3.05. The number of likely N-dealkylation sites (tertiary alicyclic amines) is 1. The number of hydrogen-bond donors (Lipinski definition) is 0. The molecule has 0 spiro atoms. The van der Waals surface area contributed by atoms with Crippen LogP contribution in [0.2, 0.25) is 0 Å². The lowest BCUT2D eigenvalue weighted by Gasteiger charge is -2.30. The molecule has 0 aliphatic carbocycles. The van der Waals surface area contributed by atoms with Crippen molar-refractivity contribution in [3.63, 3.8) is 0 Å². The summed E-state index contributed by atoms with van der Waals surface area (Å²) < 4.78 is 5.56. The molecule has 134 valence electrons. The minimum Gasteiger partial charge on any atom is -0.444 e. The fraction of sp³-hybridized carbons (Fsp3) is 0.273. The van der Waals surface area contributed by atoms with Gasteiger partial charge in [0.2, 0.25) is 6.10 Å². The number of amides is 1. The van der Waals surface area contributed by atoms with Crippen molar-refractivity contribution in [1.82, 2.24) is 4.90 Å². The summed E-state index contributed by atoms with van der Waals surface area (Å²) in [6, 6.07) is 18.7. The van der Waals surface area contributed by atoms with Gasteiger partial charge in [0.25, 0.3) is 5.91 Å². The Hall–Kier alpha value is -2.88. The third kappa shape index (κ3) is 4.82. The van der Waals surface area contributed by atoms with E-state index in [-0.39, 0.29) is 5.91 Å². The molecule has 26 heavy (non-hydrogen) atoms. The molecule has 0 bridgehead atoms. The number of carbonyl (C=O) groups is 2. The Labute approximate surface area is 154 Å². The molecule has 1 saturated heterocycles. The fourth-order valence-corrected chi connectivity index (χ4v) is 3.05. The van der Waals surface area contributed by atoms with Crippen LogP contribution in [0.3, 0.4) is 0 Å². The Morgan fingerprint density at radius 3 is 2.15 bits per heavy atom. The minimum atomic E-state index is -0.901. The van der Waals surface area contributed by atoms with Gasteiger partial charge in [-0.25, -0.2) is 4.79 Å². The van der Waals surface area contributed by atoms with Crippen molar-refractivity contribution in [3.8, 4) is 0 Å². The van der Waals surface area contributed by atoms with Gasteiger partial charge < -0.3 is 9.64 Å². The lowest BCUT2D eigenvalue weighted by molar-refractivity contribution is -0.157. The van der Waals surface area contributed by atoms with Crippen molar-refractivity contribution >= 4 is 18.0 Å². The summed E-state index contributed by atoms with van der Waals surface area (Å²) in [4.78, 5) is 27.0. The van der Waals surface area contributed by atoms with Gasteiger partial charge in [-0.1, -0.05) is 60.7 Å². The molecule has 1 atom stereocenters. The maximum Gasteiger partial charge on any atom is 0.331 e. The average Bonchev–Trinajstić information content (AvgIpc) is 2.72. The molecule has 2 aromatic carbocycles. The summed E-state index contributed by atoms with van der Waals surface area (Å²) in [5.41, 5.74) is 1.60. The second-order valence-electron chi connectivity index (χ2n) is 6.36. The Morgan fingerprint density at radius 1 is 0.885 bits per heavy atom. The van der Waals surface area contributed by atoms with E-state index in [0.29, 0.717) is 5.56 Å². The van der Waals surface area contributed by atoms with E-state index >= 15 is 0 Å².